The van der Waals surface area contributed by atoms with Crippen LogP contribution in [-0.2, 0) is 0 Å². The zero-order chi connectivity index (χ0) is 26.8. The van der Waals surface area contributed by atoms with Gasteiger partial charge in [0.2, 0.25) is 0 Å². The normalized spacial score (nSPS) is 16.6. The zero-order valence-corrected chi connectivity index (χ0v) is 22.8. The molecule has 7 aromatic rings. The summed E-state index contributed by atoms with van der Waals surface area (Å²) < 4.78 is 8.79. The number of benzene rings is 5. The molecule has 192 valence electrons. The first-order valence-corrected chi connectivity index (χ1v) is 14.1. The van der Waals surface area contributed by atoms with Crippen molar-refractivity contribution in [1.82, 2.24) is 4.57 Å². The van der Waals surface area contributed by atoms with Gasteiger partial charge >= 0.3 is 0 Å². The number of aromatic nitrogens is 1. The predicted molar refractivity (Wildman–Crippen MR) is 168 cm³/mol. The molecule has 3 heteroatoms. The molecular formula is C37H26ClNO. The summed E-state index contributed by atoms with van der Waals surface area (Å²) in [5, 5.41) is 4.49. The quantitative estimate of drug-likeness (QED) is 0.220. The number of nitrogens with zero attached hydrogens (tertiary/aromatic N) is 1. The fraction of sp³-hybridized carbons (Fsp3) is 0.0811. The minimum Gasteiger partial charge on any atom is -0.456 e. The summed E-state index contributed by atoms with van der Waals surface area (Å²) in [6.45, 7) is 2.33. The monoisotopic (exact) mass is 535 g/mol. The molecule has 5 aromatic carbocycles. The van der Waals surface area contributed by atoms with Crippen LogP contribution < -0.4 is 0 Å². The summed E-state index contributed by atoms with van der Waals surface area (Å²) in [4.78, 5) is 0. The highest BCUT2D eigenvalue weighted by molar-refractivity contribution is 6.30. The number of hydrogen-bond acceptors (Lipinski definition) is 1. The number of furan rings is 1. The van der Waals surface area contributed by atoms with Gasteiger partial charge in [0.1, 0.15) is 11.3 Å². The van der Waals surface area contributed by atoms with Gasteiger partial charge in [-0.15, -0.1) is 0 Å². The molecule has 0 aliphatic heterocycles. The first-order valence-electron chi connectivity index (χ1n) is 13.7. The Kier molecular flexibility index (Phi) is 5.26. The highest BCUT2D eigenvalue weighted by atomic mass is 35.5. The van der Waals surface area contributed by atoms with Gasteiger partial charge in [0.15, 0.2) is 0 Å². The Hall–Kier alpha value is -4.53. The van der Waals surface area contributed by atoms with E-state index < -0.39 is 0 Å². The van der Waals surface area contributed by atoms with Crippen molar-refractivity contribution in [2.45, 2.75) is 18.8 Å². The predicted octanol–water partition coefficient (Wildman–Crippen LogP) is 10.8. The molecule has 1 aliphatic carbocycles. The van der Waals surface area contributed by atoms with Crippen molar-refractivity contribution in [3.63, 3.8) is 0 Å². The molecule has 2 unspecified atom stereocenters. The fourth-order valence-corrected chi connectivity index (χ4v) is 6.66. The molecule has 0 saturated carbocycles. The van der Waals surface area contributed by atoms with Crippen LogP contribution in [0.5, 0.6) is 0 Å². The van der Waals surface area contributed by atoms with E-state index in [2.05, 4.69) is 127 Å². The van der Waals surface area contributed by atoms with E-state index in [9.17, 15) is 0 Å². The Morgan fingerprint density at radius 3 is 2.25 bits per heavy atom. The van der Waals surface area contributed by atoms with E-state index in [0.29, 0.717) is 0 Å². The van der Waals surface area contributed by atoms with E-state index in [0.717, 1.165) is 27.5 Å². The van der Waals surface area contributed by atoms with Gasteiger partial charge in [-0.3, -0.25) is 0 Å². The second-order valence-electron chi connectivity index (χ2n) is 10.7. The van der Waals surface area contributed by atoms with E-state index in [1.54, 1.807) is 0 Å². The standard InChI is InChI=1S/C37H26ClNO/c1-23-29(19-20-35-37(23)32-18-13-25(22-36(32)40-35)24-11-15-27(38)16-12-24)26-14-17-31-30-9-5-6-10-33(30)39(34(31)21-26)28-7-3-2-4-8-28/h2-23,29H,1H3. The molecular weight excluding hydrogens is 510 g/mol. The van der Waals surface area contributed by atoms with E-state index in [1.165, 1.54) is 44.0 Å². The Balaban J connectivity index is 1.23. The SMILES string of the molecule is CC1c2c(oc3cc(-c4ccc(Cl)cc4)ccc23)C=CC1c1ccc2c3ccccc3n(-c3ccccc3)c2c1. The summed E-state index contributed by atoms with van der Waals surface area (Å²) >= 11 is 6.11. The van der Waals surface area contributed by atoms with Gasteiger partial charge in [0.05, 0.1) is 11.0 Å². The van der Waals surface area contributed by atoms with Gasteiger partial charge in [0.25, 0.3) is 0 Å². The van der Waals surface area contributed by atoms with Crippen LogP contribution in [0.4, 0.5) is 0 Å². The summed E-state index contributed by atoms with van der Waals surface area (Å²) in [6.07, 6.45) is 4.48. The molecule has 2 nitrogen and oxygen atoms in total. The lowest BCUT2D eigenvalue weighted by Crippen LogP contribution is -2.10. The molecule has 1 aliphatic rings. The van der Waals surface area contributed by atoms with Gasteiger partial charge in [0, 0.05) is 38.4 Å². The zero-order valence-electron chi connectivity index (χ0n) is 22.0. The van der Waals surface area contributed by atoms with Crippen molar-refractivity contribution in [3.05, 3.63) is 143 Å². The smallest absolute Gasteiger partial charge is 0.135 e. The average Bonchev–Trinajstić information content (AvgIpc) is 3.53. The van der Waals surface area contributed by atoms with Crippen LogP contribution in [0.15, 0.2) is 126 Å². The summed E-state index contributed by atoms with van der Waals surface area (Å²) in [6, 6.07) is 40.8. The van der Waals surface area contributed by atoms with Gasteiger partial charge in [-0.2, -0.15) is 0 Å². The molecule has 0 radical (unpaired) electrons. The maximum Gasteiger partial charge on any atom is 0.135 e. The maximum atomic E-state index is 6.40. The van der Waals surface area contributed by atoms with Crippen molar-refractivity contribution in [2.75, 3.05) is 0 Å². The molecule has 0 amide bonds. The lowest BCUT2D eigenvalue weighted by Gasteiger charge is -2.25. The van der Waals surface area contributed by atoms with Crippen LogP contribution >= 0.6 is 11.6 Å². The molecule has 2 heterocycles. The largest absolute Gasteiger partial charge is 0.456 e. The number of fused-ring (bicyclic) bond motifs is 6. The first kappa shape index (κ1) is 23.4. The lowest BCUT2D eigenvalue weighted by molar-refractivity contribution is 0.574. The van der Waals surface area contributed by atoms with Crippen molar-refractivity contribution in [2.24, 2.45) is 0 Å². The molecule has 40 heavy (non-hydrogen) atoms. The minimum absolute atomic E-state index is 0.246. The van der Waals surface area contributed by atoms with Crippen LogP contribution in [-0.4, -0.2) is 4.57 Å². The number of halogens is 1. The summed E-state index contributed by atoms with van der Waals surface area (Å²) in [5.41, 5.74) is 9.43. The van der Waals surface area contributed by atoms with Crippen LogP contribution in [0.1, 0.15) is 35.6 Å². The topological polar surface area (TPSA) is 18.1 Å². The van der Waals surface area contributed by atoms with Gasteiger partial charge in [-0.25, -0.2) is 0 Å². The lowest BCUT2D eigenvalue weighted by atomic mass is 9.78. The van der Waals surface area contributed by atoms with E-state index in [4.69, 9.17) is 16.0 Å². The van der Waals surface area contributed by atoms with Gasteiger partial charge < -0.3 is 8.98 Å². The minimum atomic E-state index is 0.246. The number of rotatable bonds is 3. The van der Waals surface area contributed by atoms with E-state index in [-0.39, 0.29) is 11.8 Å². The highest BCUT2D eigenvalue weighted by Crippen LogP contribution is 2.46. The summed E-state index contributed by atoms with van der Waals surface area (Å²) in [7, 11) is 0. The number of para-hydroxylation sites is 2. The Morgan fingerprint density at radius 2 is 1.40 bits per heavy atom. The molecule has 0 fully saturated rings. The van der Waals surface area contributed by atoms with Crippen molar-refractivity contribution in [1.29, 1.82) is 0 Å². The van der Waals surface area contributed by atoms with Crippen molar-refractivity contribution in [3.8, 4) is 16.8 Å². The van der Waals surface area contributed by atoms with Crippen LogP contribution in [0, 0.1) is 0 Å². The molecule has 8 rings (SSSR count). The van der Waals surface area contributed by atoms with Crippen LogP contribution in [0.2, 0.25) is 5.02 Å². The fourth-order valence-electron chi connectivity index (χ4n) is 6.54. The third-order valence-corrected chi connectivity index (χ3v) is 8.73. The Bertz CT molecular complexity index is 2080. The highest BCUT2D eigenvalue weighted by Gasteiger charge is 2.29. The van der Waals surface area contributed by atoms with Crippen molar-refractivity contribution >= 4 is 50.5 Å². The number of hydrogen-bond donors (Lipinski definition) is 0. The third kappa shape index (κ3) is 3.57. The summed E-state index contributed by atoms with van der Waals surface area (Å²) in [5.74, 6) is 1.48. The third-order valence-electron chi connectivity index (χ3n) is 8.48. The Morgan fingerprint density at radius 1 is 0.675 bits per heavy atom. The second-order valence-corrected chi connectivity index (χ2v) is 11.2. The van der Waals surface area contributed by atoms with Gasteiger partial charge in [-0.05, 0) is 71.1 Å². The van der Waals surface area contributed by atoms with Crippen molar-refractivity contribution < 1.29 is 4.42 Å². The molecule has 0 bridgehead atoms. The molecule has 2 atom stereocenters. The van der Waals surface area contributed by atoms with Gasteiger partial charge in [-0.1, -0.05) is 97.4 Å². The number of allylic oxidation sites excluding steroid dienone is 1. The molecule has 0 spiro atoms. The van der Waals surface area contributed by atoms with Crippen LogP contribution in [0.25, 0.3) is 55.7 Å². The average molecular weight is 536 g/mol. The molecule has 0 saturated heterocycles. The second kappa shape index (κ2) is 9.01. The molecule has 0 N–H and O–H groups in total. The Labute approximate surface area is 237 Å². The van der Waals surface area contributed by atoms with E-state index >= 15 is 0 Å². The molecule has 2 aromatic heterocycles. The first-order chi connectivity index (χ1) is 19.7. The maximum absolute atomic E-state index is 6.40. The van der Waals surface area contributed by atoms with Crippen LogP contribution in [0.3, 0.4) is 0 Å². The van der Waals surface area contributed by atoms with E-state index in [1.807, 2.05) is 12.1 Å².